The molecule has 0 spiro atoms. The first kappa shape index (κ1) is 16.9. The lowest BCUT2D eigenvalue weighted by atomic mass is 10.1. The van der Waals surface area contributed by atoms with E-state index in [1.165, 1.54) is 4.90 Å². The molecule has 1 aliphatic rings. The zero-order valence-electron chi connectivity index (χ0n) is 14.5. The van der Waals surface area contributed by atoms with E-state index in [1.54, 1.807) is 36.5 Å². The third kappa shape index (κ3) is 3.17. The lowest BCUT2D eigenvalue weighted by molar-refractivity contribution is -0.120. The van der Waals surface area contributed by atoms with Crippen LogP contribution in [0.2, 0.25) is 0 Å². The number of carbonyl (C=O) groups is 2. The molecule has 3 heterocycles. The summed E-state index contributed by atoms with van der Waals surface area (Å²) in [5.74, 6) is 0.370. The summed E-state index contributed by atoms with van der Waals surface area (Å²) in [7, 11) is 0. The molecule has 0 aliphatic carbocycles. The summed E-state index contributed by atoms with van der Waals surface area (Å²) in [4.78, 5) is 37.0. The maximum atomic E-state index is 12.8. The Kier molecular flexibility index (Phi) is 4.65. The van der Waals surface area contributed by atoms with Gasteiger partial charge in [0.1, 0.15) is 6.04 Å². The average molecular weight is 339 g/mol. The number of aromatic nitrogens is 2. The van der Waals surface area contributed by atoms with Gasteiger partial charge in [0, 0.05) is 31.2 Å². The van der Waals surface area contributed by atoms with Crippen molar-refractivity contribution < 1.29 is 9.59 Å². The van der Waals surface area contributed by atoms with Crippen LogP contribution < -0.4 is 15.1 Å². The second kappa shape index (κ2) is 6.88. The van der Waals surface area contributed by atoms with Crippen LogP contribution in [0.3, 0.4) is 0 Å². The lowest BCUT2D eigenvalue weighted by Crippen LogP contribution is -2.58. The number of amides is 3. The molecule has 3 amide bonds. The van der Waals surface area contributed by atoms with Gasteiger partial charge in [-0.3, -0.25) is 19.6 Å². The Hall–Kier alpha value is -2.96. The highest BCUT2D eigenvalue weighted by Gasteiger charge is 2.40. The minimum atomic E-state index is -0.604. The first-order valence-electron chi connectivity index (χ1n) is 8.24. The predicted octanol–water partition coefficient (Wildman–Crippen LogP) is 2.34. The molecule has 2 aromatic rings. The molecule has 7 heteroatoms. The Morgan fingerprint density at radius 3 is 2.72 bits per heavy atom. The Labute approximate surface area is 146 Å². The normalized spacial score (nSPS) is 16.8. The molecule has 0 bridgehead atoms. The maximum Gasteiger partial charge on any atom is 0.323 e. The summed E-state index contributed by atoms with van der Waals surface area (Å²) in [6.45, 7) is 5.94. The van der Waals surface area contributed by atoms with Gasteiger partial charge in [-0.15, -0.1) is 0 Å². The number of urea groups is 1. The Morgan fingerprint density at radius 2 is 2.04 bits per heavy atom. The van der Waals surface area contributed by atoms with Crippen molar-refractivity contribution in [1.29, 1.82) is 0 Å². The van der Waals surface area contributed by atoms with Crippen LogP contribution >= 0.6 is 0 Å². The van der Waals surface area contributed by atoms with Crippen molar-refractivity contribution in [2.45, 2.75) is 39.4 Å². The van der Waals surface area contributed by atoms with E-state index in [9.17, 15) is 9.59 Å². The van der Waals surface area contributed by atoms with Gasteiger partial charge in [-0.2, -0.15) is 0 Å². The number of carbonyl (C=O) groups excluding carboxylic acids is 2. The van der Waals surface area contributed by atoms with Crippen LogP contribution in [0.4, 0.5) is 16.3 Å². The van der Waals surface area contributed by atoms with Crippen molar-refractivity contribution >= 4 is 23.4 Å². The monoisotopic (exact) mass is 339 g/mol. The van der Waals surface area contributed by atoms with Crippen LogP contribution in [-0.4, -0.2) is 34.0 Å². The van der Waals surface area contributed by atoms with Crippen LogP contribution in [0.5, 0.6) is 0 Å². The van der Waals surface area contributed by atoms with Gasteiger partial charge < -0.3 is 5.32 Å². The molecular weight excluding hydrogens is 318 g/mol. The molecular formula is C18H21N5O2. The summed E-state index contributed by atoms with van der Waals surface area (Å²) in [5.41, 5.74) is 1.52. The summed E-state index contributed by atoms with van der Waals surface area (Å²) >= 11 is 0. The maximum absolute atomic E-state index is 12.8. The number of nitrogens with zero attached hydrogens (tertiary/aromatic N) is 4. The number of hydrogen-bond acceptors (Lipinski definition) is 4. The fourth-order valence-electron chi connectivity index (χ4n) is 2.94. The molecule has 0 aromatic carbocycles. The lowest BCUT2D eigenvalue weighted by Gasteiger charge is -2.40. The van der Waals surface area contributed by atoms with Gasteiger partial charge in [-0.25, -0.2) is 9.78 Å². The highest BCUT2D eigenvalue weighted by atomic mass is 16.2. The van der Waals surface area contributed by atoms with E-state index in [2.05, 4.69) is 15.3 Å². The van der Waals surface area contributed by atoms with E-state index < -0.39 is 6.04 Å². The van der Waals surface area contributed by atoms with Crippen LogP contribution in [0.15, 0.2) is 42.9 Å². The predicted molar refractivity (Wildman–Crippen MR) is 95.3 cm³/mol. The van der Waals surface area contributed by atoms with E-state index >= 15 is 0 Å². The second-order valence-corrected chi connectivity index (χ2v) is 6.21. The van der Waals surface area contributed by atoms with Gasteiger partial charge in [0.15, 0.2) is 5.82 Å². The van der Waals surface area contributed by atoms with E-state index in [4.69, 9.17) is 0 Å². The van der Waals surface area contributed by atoms with E-state index in [0.29, 0.717) is 18.1 Å². The fraction of sp³-hybridized carbons (Fsp3) is 0.333. The molecule has 1 atom stereocenters. The van der Waals surface area contributed by atoms with Crippen molar-refractivity contribution in [3.8, 4) is 0 Å². The molecule has 7 nitrogen and oxygen atoms in total. The topological polar surface area (TPSA) is 78.4 Å². The van der Waals surface area contributed by atoms with Crippen molar-refractivity contribution in [1.82, 2.24) is 15.3 Å². The minimum Gasteiger partial charge on any atom is -0.334 e. The standard InChI is InChI=1S/C18H21N5O2/c1-12(2)22-16-15(7-5-9-20-16)23(13(3)17(22)24)18(25)21-11-14-6-4-8-19-10-14/h4-10,12-13H,11H2,1-3H3,(H,21,25). The second-order valence-electron chi connectivity index (χ2n) is 6.21. The molecule has 0 saturated heterocycles. The van der Waals surface area contributed by atoms with Crippen LogP contribution in [0, 0.1) is 0 Å². The first-order chi connectivity index (χ1) is 12.0. The molecule has 1 aliphatic heterocycles. The van der Waals surface area contributed by atoms with Crippen molar-refractivity contribution in [3.63, 3.8) is 0 Å². The SMILES string of the molecule is CC(C)N1C(=O)C(C)N(C(=O)NCc2cccnc2)c2cccnc21. The molecule has 130 valence electrons. The Balaban J connectivity index is 1.88. The first-order valence-corrected chi connectivity index (χ1v) is 8.24. The van der Waals surface area contributed by atoms with Gasteiger partial charge >= 0.3 is 6.03 Å². The van der Waals surface area contributed by atoms with Gasteiger partial charge in [0.05, 0.1) is 5.69 Å². The fourth-order valence-corrected chi connectivity index (χ4v) is 2.94. The molecule has 25 heavy (non-hydrogen) atoms. The van der Waals surface area contributed by atoms with Crippen molar-refractivity contribution in [3.05, 3.63) is 48.4 Å². The molecule has 1 N–H and O–H groups in total. The molecule has 0 fully saturated rings. The zero-order valence-corrected chi connectivity index (χ0v) is 14.5. The molecule has 1 unspecified atom stereocenters. The molecule has 3 rings (SSSR count). The minimum absolute atomic E-state index is 0.0378. The van der Waals surface area contributed by atoms with Gasteiger partial charge in [-0.05, 0) is 44.5 Å². The largest absolute Gasteiger partial charge is 0.334 e. The number of pyridine rings is 2. The van der Waals surface area contributed by atoms with Gasteiger partial charge in [-0.1, -0.05) is 6.07 Å². The summed E-state index contributed by atoms with van der Waals surface area (Å²) in [5, 5.41) is 2.85. The van der Waals surface area contributed by atoms with Crippen LogP contribution in [-0.2, 0) is 11.3 Å². The molecule has 0 saturated carbocycles. The Bertz CT molecular complexity index is 778. The molecule has 2 aromatic heterocycles. The smallest absolute Gasteiger partial charge is 0.323 e. The quantitative estimate of drug-likeness (QED) is 0.931. The van der Waals surface area contributed by atoms with Gasteiger partial charge in [0.2, 0.25) is 0 Å². The van der Waals surface area contributed by atoms with E-state index in [0.717, 1.165) is 5.56 Å². The number of nitrogens with one attached hydrogen (secondary N) is 1. The zero-order chi connectivity index (χ0) is 18.0. The number of anilines is 2. The van der Waals surface area contributed by atoms with E-state index in [1.807, 2.05) is 32.0 Å². The van der Waals surface area contributed by atoms with Gasteiger partial charge in [0.25, 0.3) is 5.91 Å². The number of hydrogen-bond donors (Lipinski definition) is 1. The summed E-state index contributed by atoms with van der Waals surface area (Å²) in [6, 6.07) is 6.30. The summed E-state index contributed by atoms with van der Waals surface area (Å²) < 4.78 is 0. The van der Waals surface area contributed by atoms with Crippen molar-refractivity contribution in [2.24, 2.45) is 0 Å². The summed E-state index contributed by atoms with van der Waals surface area (Å²) in [6.07, 6.45) is 5.00. The Morgan fingerprint density at radius 1 is 1.28 bits per heavy atom. The third-order valence-electron chi connectivity index (χ3n) is 4.14. The third-order valence-corrected chi connectivity index (χ3v) is 4.14. The molecule has 0 radical (unpaired) electrons. The number of rotatable bonds is 3. The average Bonchev–Trinajstić information content (AvgIpc) is 2.61. The highest BCUT2D eigenvalue weighted by molar-refractivity contribution is 6.11. The van der Waals surface area contributed by atoms with Crippen molar-refractivity contribution in [2.75, 3.05) is 9.80 Å². The van der Waals surface area contributed by atoms with Crippen LogP contribution in [0.25, 0.3) is 0 Å². The highest BCUT2D eigenvalue weighted by Crippen LogP contribution is 2.35. The number of fused-ring (bicyclic) bond motifs is 1. The van der Waals surface area contributed by atoms with Crippen LogP contribution in [0.1, 0.15) is 26.3 Å². The van der Waals surface area contributed by atoms with E-state index in [-0.39, 0.29) is 18.0 Å².